The average molecular weight is 354 g/mol. The van der Waals surface area contributed by atoms with Crippen LogP contribution in [0.25, 0.3) is 5.53 Å². The van der Waals surface area contributed by atoms with Crippen molar-refractivity contribution in [2.75, 3.05) is 6.61 Å². The number of nitrogens with zero attached hydrogens (tertiary/aromatic N) is 2. The summed E-state index contributed by atoms with van der Waals surface area (Å²) in [5, 5.41) is 1.08. The van der Waals surface area contributed by atoms with E-state index < -0.39 is 20.4 Å². The third-order valence-electron chi connectivity index (χ3n) is 3.82. The van der Waals surface area contributed by atoms with Gasteiger partial charge in [-0.15, -0.1) is 0 Å². The summed E-state index contributed by atoms with van der Waals surface area (Å²) in [5.41, 5.74) is 10.0. The zero-order chi connectivity index (χ0) is 18.3. The van der Waals surface area contributed by atoms with Crippen molar-refractivity contribution in [3.8, 4) is 0 Å². The number of rotatable bonds is 7. The molecule has 0 aromatic heterocycles. The highest BCUT2D eigenvalue weighted by Gasteiger charge is 2.40. The number of carbonyl (C=O) groups excluding carboxylic acids is 1. The van der Waals surface area contributed by atoms with Gasteiger partial charge in [-0.1, -0.05) is 60.7 Å². The number of esters is 1. The van der Waals surface area contributed by atoms with E-state index in [0.717, 1.165) is 10.8 Å². The van der Waals surface area contributed by atoms with E-state index >= 15 is 0 Å². The van der Waals surface area contributed by atoms with Gasteiger partial charge in [0.1, 0.15) is 0 Å². The summed E-state index contributed by atoms with van der Waals surface area (Å²) in [5.74, 6) is -0.684. The van der Waals surface area contributed by atoms with Gasteiger partial charge in [-0.25, -0.2) is 4.79 Å². The molecule has 5 nitrogen and oxygen atoms in total. The van der Waals surface area contributed by atoms with Crippen molar-refractivity contribution in [3.05, 3.63) is 71.8 Å². The Labute approximate surface area is 149 Å². The van der Waals surface area contributed by atoms with Crippen LogP contribution in [0.5, 0.6) is 0 Å². The number of benzene rings is 2. The second-order valence-corrected chi connectivity index (χ2v) is 9.82. The van der Waals surface area contributed by atoms with Crippen LogP contribution in [0, 0.1) is 0 Å². The van der Waals surface area contributed by atoms with Crippen LogP contribution in [0.1, 0.15) is 18.6 Å². The summed E-state index contributed by atoms with van der Waals surface area (Å²) >= 11 is 0. The molecule has 0 heterocycles. The van der Waals surface area contributed by atoms with E-state index in [1.54, 1.807) is 6.92 Å². The molecule has 130 valence electrons. The fourth-order valence-corrected chi connectivity index (χ4v) is 4.49. The molecule has 1 atom stereocenters. The van der Waals surface area contributed by atoms with Gasteiger partial charge in [-0.2, -0.15) is 4.79 Å². The van der Waals surface area contributed by atoms with Crippen LogP contribution in [-0.4, -0.2) is 31.4 Å². The highest BCUT2D eigenvalue weighted by molar-refractivity contribution is 6.84. The topological polar surface area (TPSA) is 71.9 Å². The Balaban J connectivity index is 2.42. The van der Waals surface area contributed by atoms with E-state index in [2.05, 4.69) is 4.79 Å². The Morgan fingerprint density at radius 2 is 1.64 bits per heavy atom. The van der Waals surface area contributed by atoms with Gasteiger partial charge in [0, 0.05) is 0 Å². The standard InChI is InChI=1S/C19H22N2O3Si/c1-4-23-19(22)17(21-20)18(15-11-7-5-8-12-15)24-25(2,3)16-13-9-6-10-14-16/h5-14,18H,4H2,1-3H3. The highest BCUT2D eigenvalue weighted by atomic mass is 28.4. The van der Waals surface area contributed by atoms with Crippen LogP contribution in [0.15, 0.2) is 60.7 Å². The van der Waals surface area contributed by atoms with Gasteiger partial charge in [-0.05, 0) is 30.8 Å². The molecule has 2 aromatic rings. The molecule has 6 heteroatoms. The lowest BCUT2D eigenvalue weighted by molar-refractivity contribution is -0.141. The fraction of sp³-hybridized carbons (Fsp3) is 0.263. The number of hydrogen-bond acceptors (Lipinski definition) is 3. The van der Waals surface area contributed by atoms with Crippen LogP contribution in [0.2, 0.25) is 13.1 Å². The van der Waals surface area contributed by atoms with Gasteiger partial charge in [0.2, 0.25) is 8.32 Å². The molecular formula is C19H22N2O3Si. The molecule has 0 spiro atoms. The van der Waals surface area contributed by atoms with Crippen LogP contribution in [0.4, 0.5) is 0 Å². The largest absolute Gasteiger partial charge is 0.457 e. The Morgan fingerprint density at radius 3 is 2.16 bits per heavy atom. The summed E-state index contributed by atoms with van der Waals surface area (Å²) < 4.78 is 11.4. The van der Waals surface area contributed by atoms with Crippen LogP contribution in [-0.2, 0) is 14.0 Å². The Hall–Kier alpha value is -2.53. The maximum Gasteiger partial charge on any atom is 0.420 e. The monoisotopic (exact) mass is 354 g/mol. The Kier molecular flexibility index (Phi) is 6.42. The minimum Gasteiger partial charge on any atom is -0.457 e. The summed E-state index contributed by atoms with van der Waals surface area (Å²) in [6.45, 7) is 5.98. The zero-order valence-corrected chi connectivity index (χ0v) is 15.7. The second-order valence-electron chi connectivity index (χ2n) is 5.99. The van der Waals surface area contributed by atoms with E-state index in [1.807, 2.05) is 73.8 Å². The smallest absolute Gasteiger partial charge is 0.420 e. The molecule has 0 saturated carbocycles. The Morgan fingerprint density at radius 1 is 1.08 bits per heavy atom. The van der Waals surface area contributed by atoms with Crippen LogP contribution >= 0.6 is 0 Å². The quantitative estimate of drug-likeness (QED) is 0.252. The molecule has 2 rings (SSSR count). The number of ether oxygens (including phenoxy) is 1. The molecule has 0 amide bonds. The van der Waals surface area contributed by atoms with Gasteiger partial charge >= 0.3 is 11.7 Å². The van der Waals surface area contributed by atoms with Crippen LogP contribution < -0.4 is 5.19 Å². The van der Waals surface area contributed by atoms with Crippen molar-refractivity contribution in [2.45, 2.75) is 26.1 Å². The molecule has 0 saturated heterocycles. The molecule has 0 aliphatic rings. The van der Waals surface area contributed by atoms with E-state index in [4.69, 9.17) is 9.16 Å². The summed E-state index contributed by atoms with van der Waals surface area (Å²) in [7, 11) is -2.37. The lowest BCUT2D eigenvalue weighted by Gasteiger charge is -2.27. The number of hydrogen-bond donors (Lipinski definition) is 0. The maximum atomic E-state index is 12.2. The second kappa shape index (κ2) is 8.53. The first-order chi connectivity index (χ1) is 12.0. The molecule has 0 aliphatic heterocycles. The molecule has 1 unspecified atom stereocenters. The normalized spacial score (nSPS) is 12.1. The van der Waals surface area contributed by atoms with Crippen LogP contribution in [0.3, 0.4) is 0 Å². The fourth-order valence-electron chi connectivity index (χ4n) is 2.52. The molecule has 0 bridgehead atoms. The summed E-state index contributed by atoms with van der Waals surface area (Å²) in [6, 6.07) is 19.1. The first-order valence-corrected chi connectivity index (χ1v) is 11.1. The predicted octanol–water partition coefficient (Wildman–Crippen LogP) is 3.09. The van der Waals surface area contributed by atoms with Gasteiger partial charge in [-0.3, -0.25) is 0 Å². The maximum absolute atomic E-state index is 12.2. The molecule has 25 heavy (non-hydrogen) atoms. The van der Waals surface area contributed by atoms with Crippen molar-refractivity contribution < 1.29 is 18.7 Å². The minimum atomic E-state index is -2.37. The SMILES string of the molecule is CCOC(=O)C(=[N+]=[N-])C(O[Si](C)(C)c1ccccc1)c1ccccc1. The van der Waals surface area contributed by atoms with Crippen molar-refractivity contribution >= 4 is 25.2 Å². The van der Waals surface area contributed by atoms with Crippen molar-refractivity contribution in [3.63, 3.8) is 0 Å². The van der Waals surface area contributed by atoms with Crippen molar-refractivity contribution in [2.24, 2.45) is 0 Å². The van der Waals surface area contributed by atoms with E-state index in [-0.39, 0.29) is 12.3 Å². The predicted molar refractivity (Wildman–Crippen MR) is 99.1 cm³/mol. The highest BCUT2D eigenvalue weighted by Crippen LogP contribution is 2.24. The van der Waals surface area contributed by atoms with Crippen molar-refractivity contribution in [1.29, 1.82) is 0 Å². The molecule has 0 N–H and O–H groups in total. The minimum absolute atomic E-state index is 0.149. The summed E-state index contributed by atoms with van der Waals surface area (Å²) in [6.07, 6.45) is -0.799. The van der Waals surface area contributed by atoms with Crippen molar-refractivity contribution in [1.82, 2.24) is 0 Å². The van der Waals surface area contributed by atoms with Gasteiger partial charge in [0.05, 0.1) is 6.61 Å². The summed E-state index contributed by atoms with van der Waals surface area (Å²) in [4.78, 5) is 15.4. The van der Waals surface area contributed by atoms with E-state index in [0.29, 0.717) is 0 Å². The van der Waals surface area contributed by atoms with Gasteiger partial charge < -0.3 is 14.7 Å². The molecule has 0 fully saturated rings. The van der Waals surface area contributed by atoms with Gasteiger partial charge in [0.15, 0.2) is 6.10 Å². The first-order valence-electron chi connectivity index (χ1n) is 8.17. The zero-order valence-electron chi connectivity index (χ0n) is 14.7. The van der Waals surface area contributed by atoms with E-state index in [9.17, 15) is 10.3 Å². The molecule has 2 aromatic carbocycles. The lowest BCUT2D eigenvalue weighted by Crippen LogP contribution is -2.47. The number of carbonyl (C=O) groups is 1. The lowest BCUT2D eigenvalue weighted by atomic mass is 10.1. The molecule has 0 radical (unpaired) electrons. The third-order valence-corrected chi connectivity index (χ3v) is 6.37. The van der Waals surface area contributed by atoms with Gasteiger partial charge in [0.25, 0.3) is 0 Å². The molecular weight excluding hydrogens is 332 g/mol. The van der Waals surface area contributed by atoms with E-state index in [1.165, 1.54) is 0 Å². The average Bonchev–Trinajstić information content (AvgIpc) is 2.63. The third kappa shape index (κ3) is 4.73. The first kappa shape index (κ1) is 18.8. The molecule has 0 aliphatic carbocycles. The Bertz CT molecular complexity index is 757.